The quantitative estimate of drug-likeness (QED) is 0.783. The maximum Gasteiger partial charge on any atom is 0.254 e. The summed E-state index contributed by atoms with van der Waals surface area (Å²) in [6.07, 6.45) is 2.31. The van der Waals surface area contributed by atoms with Crippen LogP contribution in [-0.4, -0.2) is 48.5 Å². The van der Waals surface area contributed by atoms with Crippen molar-refractivity contribution in [2.45, 2.75) is 26.3 Å². The molecule has 1 fully saturated rings. The van der Waals surface area contributed by atoms with Crippen LogP contribution in [0.2, 0.25) is 0 Å². The molecule has 142 valence electrons. The molecule has 4 heteroatoms. The fourth-order valence-electron chi connectivity index (χ4n) is 4.16. The summed E-state index contributed by atoms with van der Waals surface area (Å²) in [7, 11) is 0. The topological polar surface area (TPSA) is 32.8 Å². The molecule has 0 bridgehead atoms. The Morgan fingerprint density at radius 2 is 1.89 bits per heavy atom. The molecule has 0 unspecified atom stereocenters. The van der Waals surface area contributed by atoms with E-state index in [1.807, 2.05) is 35.2 Å². The van der Waals surface area contributed by atoms with Crippen molar-refractivity contribution < 1.29 is 9.53 Å². The Morgan fingerprint density at radius 3 is 2.67 bits per heavy atom. The van der Waals surface area contributed by atoms with Gasteiger partial charge in [0, 0.05) is 25.2 Å². The van der Waals surface area contributed by atoms with Crippen molar-refractivity contribution in [1.29, 1.82) is 0 Å². The third-order valence-corrected chi connectivity index (χ3v) is 5.75. The number of nitrogens with zero attached hydrogens (tertiary/aromatic N) is 2. The van der Waals surface area contributed by atoms with Gasteiger partial charge >= 0.3 is 0 Å². The zero-order valence-corrected chi connectivity index (χ0v) is 16.1. The summed E-state index contributed by atoms with van der Waals surface area (Å²) in [6, 6.07) is 16.2. The first-order valence-corrected chi connectivity index (χ1v) is 9.98. The van der Waals surface area contributed by atoms with E-state index in [1.165, 1.54) is 11.1 Å². The Kier molecular flexibility index (Phi) is 5.44. The van der Waals surface area contributed by atoms with Crippen LogP contribution in [0.1, 0.15) is 34.3 Å². The standard InChI is InChI=1S/C23H28N2O2/c1-18-5-4-7-21(15-18)27-14-13-24-11-9-19(10-12-24)16-25-17-20-6-2-3-8-22(20)23(25)26/h2-8,15,19H,9-14,16-17H2,1H3. The summed E-state index contributed by atoms with van der Waals surface area (Å²) in [6.45, 7) is 7.64. The van der Waals surface area contributed by atoms with Crippen molar-refractivity contribution in [1.82, 2.24) is 9.80 Å². The number of amides is 1. The van der Waals surface area contributed by atoms with Crippen LogP contribution in [0.25, 0.3) is 0 Å². The highest BCUT2D eigenvalue weighted by Crippen LogP contribution is 2.26. The summed E-state index contributed by atoms with van der Waals surface area (Å²) in [5.74, 6) is 1.77. The molecule has 2 aliphatic rings. The second kappa shape index (κ2) is 8.13. The van der Waals surface area contributed by atoms with Crippen LogP contribution >= 0.6 is 0 Å². The van der Waals surface area contributed by atoms with E-state index in [0.29, 0.717) is 5.92 Å². The Labute approximate surface area is 161 Å². The molecule has 4 nitrogen and oxygen atoms in total. The second-order valence-corrected chi connectivity index (χ2v) is 7.79. The van der Waals surface area contributed by atoms with Gasteiger partial charge in [0.05, 0.1) is 0 Å². The fraction of sp³-hybridized carbons (Fsp3) is 0.435. The number of carbonyl (C=O) groups is 1. The average Bonchev–Trinajstić information content (AvgIpc) is 2.99. The lowest BCUT2D eigenvalue weighted by Crippen LogP contribution is -2.40. The number of fused-ring (bicyclic) bond motifs is 1. The van der Waals surface area contributed by atoms with E-state index in [2.05, 4.69) is 30.0 Å². The van der Waals surface area contributed by atoms with E-state index in [9.17, 15) is 4.79 Å². The number of likely N-dealkylation sites (tertiary alicyclic amines) is 1. The molecule has 0 aromatic heterocycles. The first kappa shape index (κ1) is 18.1. The number of carbonyl (C=O) groups excluding carboxylic acids is 1. The van der Waals surface area contributed by atoms with Gasteiger partial charge in [-0.3, -0.25) is 9.69 Å². The van der Waals surface area contributed by atoms with Gasteiger partial charge in [0.25, 0.3) is 5.91 Å². The van der Waals surface area contributed by atoms with Crippen LogP contribution in [0.4, 0.5) is 0 Å². The largest absolute Gasteiger partial charge is 0.492 e. The van der Waals surface area contributed by atoms with Crippen molar-refractivity contribution in [3.05, 3.63) is 65.2 Å². The zero-order chi connectivity index (χ0) is 18.6. The van der Waals surface area contributed by atoms with Gasteiger partial charge in [-0.1, -0.05) is 30.3 Å². The van der Waals surface area contributed by atoms with Crippen molar-refractivity contribution in [3.8, 4) is 5.75 Å². The monoisotopic (exact) mass is 364 g/mol. The van der Waals surface area contributed by atoms with E-state index in [-0.39, 0.29) is 5.91 Å². The van der Waals surface area contributed by atoms with Crippen molar-refractivity contribution in [2.75, 3.05) is 32.8 Å². The summed E-state index contributed by atoms with van der Waals surface area (Å²) in [5.41, 5.74) is 3.29. The summed E-state index contributed by atoms with van der Waals surface area (Å²) < 4.78 is 5.88. The molecule has 2 aliphatic heterocycles. The first-order chi connectivity index (χ1) is 13.2. The maximum atomic E-state index is 12.5. The van der Waals surface area contributed by atoms with Crippen LogP contribution in [-0.2, 0) is 6.54 Å². The lowest BCUT2D eigenvalue weighted by Gasteiger charge is -2.33. The van der Waals surface area contributed by atoms with Crippen molar-refractivity contribution in [2.24, 2.45) is 5.92 Å². The van der Waals surface area contributed by atoms with Crippen molar-refractivity contribution >= 4 is 5.91 Å². The zero-order valence-electron chi connectivity index (χ0n) is 16.1. The van der Waals surface area contributed by atoms with Crippen LogP contribution in [0.15, 0.2) is 48.5 Å². The van der Waals surface area contributed by atoms with Gasteiger partial charge in [-0.25, -0.2) is 0 Å². The van der Waals surface area contributed by atoms with E-state index in [0.717, 1.165) is 63.5 Å². The first-order valence-electron chi connectivity index (χ1n) is 9.98. The number of ether oxygens (including phenoxy) is 1. The molecular formula is C23H28N2O2. The number of aryl methyl sites for hydroxylation is 1. The SMILES string of the molecule is Cc1cccc(OCCN2CCC(CN3Cc4ccccc4C3=O)CC2)c1. The molecule has 0 spiro atoms. The van der Waals surface area contributed by atoms with Crippen LogP contribution in [0, 0.1) is 12.8 Å². The Hall–Kier alpha value is -2.33. The lowest BCUT2D eigenvalue weighted by molar-refractivity contribution is 0.0708. The highest BCUT2D eigenvalue weighted by molar-refractivity contribution is 5.98. The number of benzene rings is 2. The minimum absolute atomic E-state index is 0.208. The number of rotatable bonds is 6. The number of hydrogen-bond acceptors (Lipinski definition) is 3. The van der Waals surface area contributed by atoms with Crippen LogP contribution in [0.3, 0.4) is 0 Å². The van der Waals surface area contributed by atoms with Gasteiger partial charge in [-0.15, -0.1) is 0 Å². The normalized spacial score (nSPS) is 18.0. The van der Waals surface area contributed by atoms with E-state index in [1.54, 1.807) is 0 Å². The highest BCUT2D eigenvalue weighted by atomic mass is 16.5. The number of hydrogen-bond donors (Lipinski definition) is 0. The predicted octanol–water partition coefficient (Wildman–Crippen LogP) is 3.74. The predicted molar refractivity (Wildman–Crippen MR) is 107 cm³/mol. The molecule has 0 N–H and O–H groups in total. The van der Waals surface area contributed by atoms with E-state index < -0.39 is 0 Å². The summed E-state index contributed by atoms with van der Waals surface area (Å²) >= 11 is 0. The molecule has 2 aromatic rings. The van der Waals surface area contributed by atoms with E-state index in [4.69, 9.17) is 4.74 Å². The fourth-order valence-corrected chi connectivity index (χ4v) is 4.16. The maximum absolute atomic E-state index is 12.5. The third kappa shape index (κ3) is 4.33. The average molecular weight is 364 g/mol. The number of piperidine rings is 1. The van der Waals surface area contributed by atoms with Gasteiger partial charge in [-0.05, 0) is 68.1 Å². The third-order valence-electron chi connectivity index (χ3n) is 5.75. The summed E-state index contributed by atoms with van der Waals surface area (Å²) in [5, 5.41) is 0. The van der Waals surface area contributed by atoms with Gasteiger partial charge in [-0.2, -0.15) is 0 Å². The molecule has 27 heavy (non-hydrogen) atoms. The molecule has 0 aliphatic carbocycles. The molecule has 2 heterocycles. The Bertz CT molecular complexity index is 796. The highest BCUT2D eigenvalue weighted by Gasteiger charge is 2.29. The van der Waals surface area contributed by atoms with Gasteiger partial charge in [0.1, 0.15) is 12.4 Å². The molecule has 4 rings (SSSR count). The van der Waals surface area contributed by atoms with Gasteiger partial charge in [0.15, 0.2) is 0 Å². The van der Waals surface area contributed by atoms with Crippen LogP contribution < -0.4 is 4.74 Å². The molecule has 1 amide bonds. The van der Waals surface area contributed by atoms with Crippen LogP contribution in [0.5, 0.6) is 5.75 Å². The minimum atomic E-state index is 0.208. The minimum Gasteiger partial charge on any atom is -0.492 e. The van der Waals surface area contributed by atoms with E-state index >= 15 is 0 Å². The molecule has 2 aromatic carbocycles. The molecular weight excluding hydrogens is 336 g/mol. The Morgan fingerprint density at radius 1 is 1.07 bits per heavy atom. The molecule has 0 saturated carbocycles. The molecule has 1 saturated heterocycles. The van der Waals surface area contributed by atoms with Crippen molar-refractivity contribution in [3.63, 3.8) is 0 Å². The molecule has 0 radical (unpaired) electrons. The Balaban J connectivity index is 1.19. The smallest absolute Gasteiger partial charge is 0.254 e. The van der Waals surface area contributed by atoms with Gasteiger partial charge in [0.2, 0.25) is 0 Å². The summed E-state index contributed by atoms with van der Waals surface area (Å²) in [4.78, 5) is 17.0. The molecule has 0 atom stereocenters. The second-order valence-electron chi connectivity index (χ2n) is 7.79. The lowest BCUT2D eigenvalue weighted by atomic mass is 9.96. The van der Waals surface area contributed by atoms with Gasteiger partial charge < -0.3 is 9.64 Å².